The largest absolute Gasteiger partial charge is 0.310 e. The summed E-state index contributed by atoms with van der Waals surface area (Å²) >= 11 is 1.76. The molecule has 3 heteroatoms. The molecular weight excluding hydrogens is 245 g/mol. The molecule has 0 aliphatic carbocycles. The van der Waals surface area contributed by atoms with Crippen LogP contribution in [-0.4, -0.2) is 12.3 Å². The Kier molecular flexibility index (Phi) is 6.72. The first-order chi connectivity index (χ1) is 8.56. The Hall–Kier alpha value is -0.540. The van der Waals surface area contributed by atoms with Crippen LogP contribution in [0.5, 0.6) is 0 Å². The average molecular weight is 269 g/mol. The summed E-state index contributed by atoms with van der Waals surface area (Å²) < 4.78 is 14.0. The number of hydrogen-bond donors (Lipinski definition) is 1. The van der Waals surface area contributed by atoms with Gasteiger partial charge in [-0.25, -0.2) is 4.39 Å². The van der Waals surface area contributed by atoms with Gasteiger partial charge in [-0.2, -0.15) is 0 Å². The smallest absolute Gasteiger partial charge is 0.129 e. The molecule has 0 saturated heterocycles. The molecule has 1 nitrogen and oxygen atoms in total. The SMILES string of the molecule is CCNC(C)c1c(F)cccc1SCCC(C)C. The lowest BCUT2D eigenvalue weighted by molar-refractivity contribution is 0.531. The fraction of sp³-hybridized carbons (Fsp3) is 0.600. The van der Waals surface area contributed by atoms with Gasteiger partial charge in [-0.15, -0.1) is 11.8 Å². The molecule has 0 saturated carbocycles. The number of nitrogens with one attached hydrogen (secondary N) is 1. The lowest BCUT2D eigenvalue weighted by Gasteiger charge is -2.18. The molecule has 1 aromatic rings. The molecule has 102 valence electrons. The third-order valence-corrected chi connectivity index (χ3v) is 4.02. The summed E-state index contributed by atoms with van der Waals surface area (Å²) in [6.45, 7) is 9.35. The van der Waals surface area contributed by atoms with E-state index >= 15 is 0 Å². The molecule has 0 spiro atoms. The molecule has 0 radical (unpaired) electrons. The summed E-state index contributed by atoms with van der Waals surface area (Å²) in [6.07, 6.45) is 1.16. The molecule has 0 bridgehead atoms. The topological polar surface area (TPSA) is 12.0 Å². The van der Waals surface area contributed by atoms with E-state index in [4.69, 9.17) is 0 Å². The summed E-state index contributed by atoms with van der Waals surface area (Å²) in [5.74, 6) is 1.64. The van der Waals surface area contributed by atoms with Gasteiger partial charge in [0.25, 0.3) is 0 Å². The van der Waals surface area contributed by atoms with Gasteiger partial charge in [0.15, 0.2) is 0 Å². The molecule has 0 aromatic heterocycles. The zero-order valence-corrected chi connectivity index (χ0v) is 12.6. The minimum absolute atomic E-state index is 0.0674. The highest BCUT2D eigenvalue weighted by Gasteiger charge is 2.15. The second kappa shape index (κ2) is 7.80. The molecule has 0 aliphatic rings. The molecular formula is C15H24FNS. The van der Waals surface area contributed by atoms with Crippen molar-refractivity contribution in [2.75, 3.05) is 12.3 Å². The van der Waals surface area contributed by atoms with E-state index in [1.165, 1.54) is 0 Å². The van der Waals surface area contributed by atoms with Gasteiger partial charge < -0.3 is 5.32 Å². The monoisotopic (exact) mass is 269 g/mol. The first kappa shape index (κ1) is 15.5. The van der Waals surface area contributed by atoms with Crippen LogP contribution in [0.3, 0.4) is 0 Å². The van der Waals surface area contributed by atoms with Crippen molar-refractivity contribution in [3.05, 3.63) is 29.6 Å². The Morgan fingerprint density at radius 3 is 2.61 bits per heavy atom. The molecule has 0 fully saturated rings. The van der Waals surface area contributed by atoms with Gasteiger partial charge >= 0.3 is 0 Å². The molecule has 1 unspecified atom stereocenters. The van der Waals surface area contributed by atoms with Gasteiger partial charge in [0.05, 0.1) is 0 Å². The molecule has 1 aromatic carbocycles. The lowest BCUT2D eigenvalue weighted by atomic mass is 10.1. The van der Waals surface area contributed by atoms with Crippen LogP contribution in [-0.2, 0) is 0 Å². The van der Waals surface area contributed by atoms with Crippen LogP contribution in [0.15, 0.2) is 23.1 Å². The average Bonchev–Trinajstić information content (AvgIpc) is 2.28. The summed E-state index contributed by atoms with van der Waals surface area (Å²) in [4.78, 5) is 1.07. The van der Waals surface area contributed by atoms with Crippen molar-refractivity contribution in [2.45, 2.75) is 45.1 Å². The highest BCUT2D eigenvalue weighted by molar-refractivity contribution is 7.99. The van der Waals surface area contributed by atoms with Crippen LogP contribution in [0.1, 0.15) is 45.7 Å². The molecule has 1 N–H and O–H groups in total. The Morgan fingerprint density at radius 1 is 1.28 bits per heavy atom. The van der Waals surface area contributed by atoms with Gasteiger partial charge in [-0.1, -0.05) is 26.8 Å². The minimum Gasteiger partial charge on any atom is -0.310 e. The highest BCUT2D eigenvalue weighted by atomic mass is 32.2. The van der Waals surface area contributed by atoms with Crippen LogP contribution < -0.4 is 5.32 Å². The van der Waals surface area contributed by atoms with E-state index in [0.29, 0.717) is 5.92 Å². The van der Waals surface area contributed by atoms with E-state index in [9.17, 15) is 4.39 Å². The number of rotatable bonds is 7. The Morgan fingerprint density at radius 2 is 2.00 bits per heavy atom. The van der Waals surface area contributed by atoms with Crippen molar-refractivity contribution in [3.8, 4) is 0 Å². The van der Waals surface area contributed by atoms with Crippen molar-refractivity contribution < 1.29 is 4.39 Å². The fourth-order valence-corrected chi connectivity index (χ4v) is 3.29. The van der Waals surface area contributed by atoms with Gasteiger partial charge in [0.2, 0.25) is 0 Å². The third-order valence-electron chi connectivity index (χ3n) is 2.91. The second-order valence-electron chi connectivity index (χ2n) is 4.96. The second-order valence-corrected chi connectivity index (χ2v) is 6.10. The summed E-state index contributed by atoms with van der Waals surface area (Å²) in [5.41, 5.74) is 0.813. The summed E-state index contributed by atoms with van der Waals surface area (Å²) in [6, 6.07) is 5.44. The van der Waals surface area contributed by atoms with Gasteiger partial charge in [-0.3, -0.25) is 0 Å². The van der Waals surface area contributed by atoms with Crippen LogP contribution in [0.2, 0.25) is 0 Å². The maximum Gasteiger partial charge on any atom is 0.129 e. The maximum absolute atomic E-state index is 14.0. The van der Waals surface area contributed by atoms with Crippen molar-refractivity contribution in [1.82, 2.24) is 5.32 Å². The first-order valence-corrected chi connectivity index (χ1v) is 7.69. The number of halogens is 1. The van der Waals surface area contributed by atoms with Crippen molar-refractivity contribution in [1.29, 1.82) is 0 Å². The van der Waals surface area contributed by atoms with E-state index in [1.54, 1.807) is 23.9 Å². The van der Waals surface area contributed by atoms with Crippen LogP contribution >= 0.6 is 11.8 Å². The van der Waals surface area contributed by atoms with E-state index in [-0.39, 0.29) is 11.9 Å². The molecule has 0 aliphatic heterocycles. The number of thioether (sulfide) groups is 1. The van der Waals surface area contributed by atoms with E-state index in [2.05, 4.69) is 19.2 Å². The van der Waals surface area contributed by atoms with Gasteiger partial charge in [0, 0.05) is 16.5 Å². The standard InChI is InChI=1S/C15H24FNS/c1-5-17-12(4)15-13(16)7-6-8-14(15)18-10-9-11(2)3/h6-8,11-12,17H,5,9-10H2,1-4H3. The predicted molar refractivity (Wildman–Crippen MR) is 78.7 cm³/mol. The van der Waals surface area contributed by atoms with Gasteiger partial charge in [-0.05, 0) is 43.7 Å². The summed E-state index contributed by atoms with van der Waals surface area (Å²) in [7, 11) is 0. The minimum atomic E-state index is -0.0991. The molecule has 1 atom stereocenters. The zero-order valence-electron chi connectivity index (χ0n) is 11.8. The van der Waals surface area contributed by atoms with Crippen LogP contribution in [0.25, 0.3) is 0 Å². The normalized spacial score (nSPS) is 13.0. The fourth-order valence-electron chi connectivity index (χ4n) is 1.88. The summed E-state index contributed by atoms with van der Waals surface area (Å²) in [5, 5.41) is 3.29. The predicted octanol–water partition coefficient (Wildman–Crippen LogP) is 4.63. The van der Waals surface area contributed by atoms with Crippen LogP contribution in [0.4, 0.5) is 4.39 Å². The van der Waals surface area contributed by atoms with E-state index in [0.717, 1.165) is 29.2 Å². The molecule has 0 amide bonds. The quantitative estimate of drug-likeness (QED) is 0.724. The first-order valence-electron chi connectivity index (χ1n) is 6.70. The maximum atomic E-state index is 14.0. The van der Waals surface area contributed by atoms with Crippen molar-refractivity contribution in [2.24, 2.45) is 5.92 Å². The molecule has 1 rings (SSSR count). The Bertz CT molecular complexity index is 366. The van der Waals surface area contributed by atoms with E-state index in [1.807, 2.05) is 19.9 Å². The van der Waals surface area contributed by atoms with Crippen LogP contribution in [0, 0.1) is 11.7 Å². The highest BCUT2D eigenvalue weighted by Crippen LogP contribution is 2.30. The lowest BCUT2D eigenvalue weighted by Crippen LogP contribution is -2.19. The molecule has 18 heavy (non-hydrogen) atoms. The number of benzene rings is 1. The number of hydrogen-bond acceptors (Lipinski definition) is 2. The Balaban J connectivity index is 2.79. The third kappa shape index (κ3) is 4.62. The molecule has 0 heterocycles. The Labute approximate surface area is 115 Å². The van der Waals surface area contributed by atoms with E-state index < -0.39 is 0 Å². The van der Waals surface area contributed by atoms with Crippen molar-refractivity contribution >= 4 is 11.8 Å². The van der Waals surface area contributed by atoms with Gasteiger partial charge in [0.1, 0.15) is 5.82 Å². The zero-order chi connectivity index (χ0) is 13.5. The van der Waals surface area contributed by atoms with Crippen molar-refractivity contribution in [3.63, 3.8) is 0 Å².